The number of carbonyl (C=O) groups excluding carboxylic acids is 2. The SMILES string of the molecule is CCCNC(=O)C1C[C@H]2CCC[C@@H](C1)C2NC(=O)c1cc2sc(Br)cc2n1Cc1ccc(OC)cc1. The van der Waals surface area contributed by atoms with Crippen LogP contribution in [0.1, 0.15) is 61.5 Å². The Hall–Kier alpha value is -2.32. The molecule has 8 heteroatoms. The third-order valence-electron chi connectivity index (χ3n) is 7.85. The molecule has 2 saturated carbocycles. The zero-order chi connectivity index (χ0) is 25.2. The number of thiophene rings is 1. The minimum Gasteiger partial charge on any atom is -0.497 e. The monoisotopic (exact) mass is 571 g/mol. The summed E-state index contributed by atoms with van der Waals surface area (Å²) in [7, 11) is 1.66. The summed E-state index contributed by atoms with van der Waals surface area (Å²) >= 11 is 5.25. The second-order valence-electron chi connectivity index (χ2n) is 10.2. The number of nitrogens with one attached hydrogen (secondary N) is 2. The second kappa shape index (κ2) is 11.0. The van der Waals surface area contributed by atoms with E-state index in [1.807, 2.05) is 30.3 Å². The van der Waals surface area contributed by atoms with Crippen molar-refractivity contribution in [2.24, 2.45) is 17.8 Å². The third kappa shape index (κ3) is 5.21. The fourth-order valence-electron chi connectivity index (χ4n) is 6.09. The van der Waals surface area contributed by atoms with Crippen molar-refractivity contribution in [3.8, 4) is 5.75 Å². The lowest BCUT2D eigenvalue weighted by atomic mass is 9.64. The fourth-order valence-corrected chi connectivity index (χ4v) is 7.66. The second-order valence-corrected chi connectivity index (χ2v) is 12.6. The quantitative estimate of drug-likeness (QED) is 0.349. The van der Waals surface area contributed by atoms with Gasteiger partial charge in [0.1, 0.15) is 11.4 Å². The molecule has 36 heavy (non-hydrogen) atoms. The molecule has 2 aliphatic rings. The average molecular weight is 573 g/mol. The summed E-state index contributed by atoms with van der Waals surface area (Å²) in [5.41, 5.74) is 2.87. The molecule has 1 aromatic carbocycles. The van der Waals surface area contributed by atoms with Gasteiger partial charge in [0.05, 0.1) is 21.1 Å². The molecule has 4 atom stereocenters. The van der Waals surface area contributed by atoms with Crippen LogP contribution in [0.3, 0.4) is 0 Å². The normalized spacial score (nSPS) is 23.4. The molecule has 0 saturated heterocycles. The molecule has 192 valence electrons. The lowest BCUT2D eigenvalue weighted by Crippen LogP contribution is -2.53. The van der Waals surface area contributed by atoms with Gasteiger partial charge in [-0.05, 0) is 89.7 Å². The van der Waals surface area contributed by atoms with Gasteiger partial charge in [-0.2, -0.15) is 0 Å². The summed E-state index contributed by atoms with van der Waals surface area (Å²) < 4.78 is 9.57. The van der Waals surface area contributed by atoms with Gasteiger partial charge < -0.3 is 19.9 Å². The molecule has 0 radical (unpaired) electrons. The van der Waals surface area contributed by atoms with E-state index in [1.165, 1.54) is 6.42 Å². The minimum absolute atomic E-state index is 0.0150. The first-order valence-corrected chi connectivity index (χ1v) is 14.6. The van der Waals surface area contributed by atoms with Gasteiger partial charge in [0.25, 0.3) is 5.91 Å². The zero-order valence-corrected chi connectivity index (χ0v) is 23.3. The van der Waals surface area contributed by atoms with Crippen LogP contribution in [0.15, 0.2) is 40.2 Å². The number of rotatable bonds is 8. The van der Waals surface area contributed by atoms with Crippen LogP contribution in [-0.2, 0) is 11.3 Å². The van der Waals surface area contributed by atoms with Crippen molar-refractivity contribution in [1.29, 1.82) is 0 Å². The molecule has 0 aliphatic heterocycles. The number of nitrogens with zero attached hydrogens (tertiary/aromatic N) is 1. The van der Waals surface area contributed by atoms with E-state index in [-0.39, 0.29) is 23.8 Å². The Balaban J connectivity index is 1.36. The first kappa shape index (κ1) is 25.3. The van der Waals surface area contributed by atoms with E-state index in [0.717, 1.165) is 64.0 Å². The van der Waals surface area contributed by atoms with Gasteiger partial charge >= 0.3 is 0 Å². The van der Waals surface area contributed by atoms with E-state index in [2.05, 4.69) is 44.1 Å². The summed E-state index contributed by atoms with van der Waals surface area (Å²) in [5.74, 6) is 1.79. The molecule has 2 unspecified atom stereocenters. The standard InChI is InChI=1S/C28H34BrN3O3S/c1-3-11-30-27(33)20-12-18-5-4-6-19(13-20)26(18)31-28(34)23-14-24-22(15-25(29)36-24)32(23)16-17-7-9-21(35-2)10-8-17/h7-10,14-15,18-20,26H,3-6,11-13,16H2,1-2H3,(H,30,33)(H,31,34)/t18-,19+,20?,26?. The maximum atomic E-state index is 13.7. The summed E-state index contributed by atoms with van der Waals surface area (Å²) in [6, 6.07) is 12.2. The number of benzene rings is 1. The number of ether oxygens (including phenoxy) is 1. The number of halogens is 1. The van der Waals surface area contributed by atoms with Crippen molar-refractivity contribution in [3.63, 3.8) is 0 Å². The predicted octanol–water partition coefficient (Wildman–Crippen LogP) is 5.97. The van der Waals surface area contributed by atoms with Crippen LogP contribution in [0, 0.1) is 17.8 Å². The van der Waals surface area contributed by atoms with Gasteiger partial charge in [0.15, 0.2) is 0 Å². The number of methoxy groups -OCH3 is 1. The van der Waals surface area contributed by atoms with Crippen molar-refractivity contribution in [1.82, 2.24) is 15.2 Å². The lowest BCUT2D eigenvalue weighted by Gasteiger charge is -2.45. The van der Waals surface area contributed by atoms with Crippen molar-refractivity contribution >= 4 is 49.3 Å². The van der Waals surface area contributed by atoms with Crippen LogP contribution < -0.4 is 15.4 Å². The van der Waals surface area contributed by atoms with Gasteiger partial charge in [-0.3, -0.25) is 9.59 Å². The van der Waals surface area contributed by atoms with E-state index in [0.29, 0.717) is 24.1 Å². The Morgan fingerprint density at radius 3 is 2.53 bits per heavy atom. The first-order chi connectivity index (χ1) is 17.5. The molecule has 3 aromatic rings. The molecule has 2 amide bonds. The Morgan fingerprint density at radius 2 is 1.86 bits per heavy atom. The zero-order valence-electron chi connectivity index (χ0n) is 20.9. The van der Waals surface area contributed by atoms with Crippen LogP contribution in [0.25, 0.3) is 10.2 Å². The van der Waals surface area contributed by atoms with Crippen LogP contribution in [0.5, 0.6) is 5.75 Å². The number of aromatic nitrogens is 1. The van der Waals surface area contributed by atoms with Crippen LogP contribution in [0.2, 0.25) is 0 Å². The topological polar surface area (TPSA) is 72.4 Å². The largest absolute Gasteiger partial charge is 0.497 e. The highest BCUT2D eigenvalue weighted by Gasteiger charge is 2.43. The van der Waals surface area contributed by atoms with Gasteiger partial charge in [0.2, 0.25) is 5.91 Å². The van der Waals surface area contributed by atoms with Crippen molar-refractivity contribution in [2.75, 3.05) is 13.7 Å². The lowest BCUT2D eigenvalue weighted by molar-refractivity contribution is -0.128. The van der Waals surface area contributed by atoms with E-state index in [9.17, 15) is 9.59 Å². The Kier molecular flexibility index (Phi) is 7.72. The fraction of sp³-hybridized carbons (Fsp3) is 0.500. The first-order valence-electron chi connectivity index (χ1n) is 13.0. The molecular formula is C28H34BrN3O3S. The highest BCUT2D eigenvalue weighted by atomic mass is 79.9. The van der Waals surface area contributed by atoms with Crippen molar-refractivity contribution < 1.29 is 14.3 Å². The number of fused-ring (bicyclic) bond motifs is 3. The van der Waals surface area contributed by atoms with E-state index in [4.69, 9.17) is 4.74 Å². The Bertz CT molecular complexity index is 1220. The smallest absolute Gasteiger partial charge is 0.268 e. The van der Waals surface area contributed by atoms with E-state index in [1.54, 1.807) is 18.4 Å². The number of hydrogen-bond donors (Lipinski definition) is 2. The maximum absolute atomic E-state index is 13.7. The Morgan fingerprint density at radius 1 is 1.14 bits per heavy atom. The number of hydrogen-bond acceptors (Lipinski definition) is 4. The molecule has 2 heterocycles. The van der Waals surface area contributed by atoms with Gasteiger partial charge in [-0.15, -0.1) is 11.3 Å². The Labute approximate surface area is 224 Å². The van der Waals surface area contributed by atoms with Crippen molar-refractivity contribution in [3.05, 3.63) is 51.4 Å². The summed E-state index contributed by atoms with van der Waals surface area (Å²) in [6.07, 6.45) is 6.02. The minimum atomic E-state index is -0.0150. The highest BCUT2D eigenvalue weighted by molar-refractivity contribution is 9.11. The van der Waals surface area contributed by atoms with Crippen LogP contribution in [-0.4, -0.2) is 36.1 Å². The maximum Gasteiger partial charge on any atom is 0.268 e. The van der Waals surface area contributed by atoms with Crippen LogP contribution >= 0.6 is 27.3 Å². The number of carbonyl (C=O) groups is 2. The molecule has 2 bridgehead atoms. The van der Waals surface area contributed by atoms with E-state index < -0.39 is 0 Å². The molecule has 2 aliphatic carbocycles. The molecule has 5 rings (SSSR count). The van der Waals surface area contributed by atoms with Crippen molar-refractivity contribution in [2.45, 2.75) is 58.0 Å². The third-order valence-corrected chi connectivity index (χ3v) is 9.42. The summed E-state index contributed by atoms with van der Waals surface area (Å²) in [4.78, 5) is 26.4. The van der Waals surface area contributed by atoms with Gasteiger partial charge in [0, 0.05) is 25.0 Å². The highest BCUT2D eigenvalue weighted by Crippen LogP contribution is 2.43. The van der Waals surface area contributed by atoms with E-state index >= 15 is 0 Å². The van der Waals surface area contributed by atoms with Crippen LogP contribution in [0.4, 0.5) is 0 Å². The summed E-state index contributed by atoms with van der Waals surface area (Å²) in [6.45, 7) is 3.43. The molecule has 2 N–H and O–H groups in total. The molecular weight excluding hydrogens is 538 g/mol. The van der Waals surface area contributed by atoms with Gasteiger partial charge in [-0.1, -0.05) is 25.5 Å². The number of amides is 2. The van der Waals surface area contributed by atoms with Gasteiger partial charge in [-0.25, -0.2) is 0 Å². The molecule has 2 aromatic heterocycles. The predicted molar refractivity (Wildman–Crippen MR) is 148 cm³/mol. The molecule has 2 fully saturated rings. The average Bonchev–Trinajstić information content (AvgIpc) is 3.39. The summed E-state index contributed by atoms with van der Waals surface area (Å²) in [5, 5.41) is 6.52. The molecule has 6 nitrogen and oxygen atoms in total. The molecule has 0 spiro atoms.